The minimum atomic E-state index is -1.62. The topological polar surface area (TPSA) is 142 Å². The Morgan fingerprint density at radius 3 is 2.64 bits per heavy atom. The Morgan fingerprint density at radius 1 is 1.20 bits per heavy atom. The van der Waals surface area contributed by atoms with Crippen molar-refractivity contribution in [3.8, 4) is 22.8 Å². The van der Waals surface area contributed by atoms with E-state index in [9.17, 15) is 19.1 Å². The molecular formula is C32H33ClFN5O5. The van der Waals surface area contributed by atoms with Gasteiger partial charge >= 0.3 is 0 Å². The maximum absolute atomic E-state index is 14.4. The van der Waals surface area contributed by atoms with Gasteiger partial charge in [-0.15, -0.1) is 0 Å². The summed E-state index contributed by atoms with van der Waals surface area (Å²) in [5.74, 6) is -1.12. The highest BCUT2D eigenvalue weighted by molar-refractivity contribution is 6.33. The largest absolute Gasteiger partial charge is 0.494 e. The molecule has 12 heteroatoms. The molecule has 230 valence electrons. The van der Waals surface area contributed by atoms with E-state index in [2.05, 4.69) is 10.4 Å². The Kier molecular flexibility index (Phi) is 7.93. The van der Waals surface area contributed by atoms with Gasteiger partial charge in [-0.3, -0.25) is 14.3 Å². The number of primary amides is 1. The number of ether oxygens (including phenoxy) is 2. The number of fused-ring (bicyclic) bond motifs is 1. The summed E-state index contributed by atoms with van der Waals surface area (Å²) in [4.78, 5) is 30.3. The first kappa shape index (κ1) is 29.8. The summed E-state index contributed by atoms with van der Waals surface area (Å²) in [6.07, 6.45) is 5.22. The minimum absolute atomic E-state index is 0.165. The number of pyridine rings is 1. The predicted molar refractivity (Wildman–Crippen MR) is 162 cm³/mol. The van der Waals surface area contributed by atoms with Crippen molar-refractivity contribution in [3.63, 3.8) is 0 Å². The summed E-state index contributed by atoms with van der Waals surface area (Å²) < 4.78 is 27.7. The Bertz CT molecular complexity index is 1770. The van der Waals surface area contributed by atoms with E-state index in [0.717, 1.165) is 18.2 Å². The van der Waals surface area contributed by atoms with Crippen LogP contribution < -0.4 is 20.5 Å². The van der Waals surface area contributed by atoms with Gasteiger partial charge in [0.25, 0.3) is 5.91 Å². The van der Waals surface area contributed by atoms with Crippen LogP contribution in [0.1, 0.15) is 60.3 Å². The lowest BCUT2D eigenvalue weighted by molar-refractivity contribution is -0.117. The smallest absolute Gasteiger partial charge is 0.251 e. The van der Waals surface area contributed by atoms with E-state index in [1.165, 1.54) is 25.3 Å². The molecule has 0 bridgehead atoms. The fraction of sp³-hybridized carbons (Fsp3) is 0.375. The lowest BCUT2D eigenvalue weighted by atomic mass is 9.90. The summed E-state index contributed by atoms with van der Waals surface area (Å²) in [6.45, 7) is 1.81. The number of hydrogen-bond donors (Lipinski definition) is 3. The van der Waals surface area contributed by atoms with Gasteiger partial charge < -0.3 is 25.6 Å². The van der Waals surface area contributed by atoms with Crippen molar-refractivity contribution in [2.75, 3.05) is 20.3 Å². The number of amides is 2. The summed E-state index contributed by atoms with van der Waals surface area (Å²) >= 11 is 6.47. The van der Waals surface area contributed by atoms with Crippen LogP contribution >= 0.6 is 11.6 Å². The Hall–Kier alpha value is -4.22. The normalized spacial score (nSPS) is 16.0. The van der Waals surface area contributed by atoms with Gasteiger partial charge in [0.05, 0.1) is 43.4 Å². The van der Waals surface area contributed by atoms with Crippen molar-refractivity contribution in [1.29, 1.82) is 0 Å². The number of aromatic nitrogens is 3. The predicted octanol–water partition coefficient (Wildman–Crippen LogP) is 4.69. The average Bonchev–Trinajstić information content (AvgIpc) is 3.94. The molecule has 10 nitrogen and oxygen atoms in total. The number of benzene rings is 2. The zero-order chi connectivity index (χ0) is 31.2. The van der Waals surface area contributed by atoms with Crippen LogP contribution in [0.25, 0.3) is 22.2 Å². The molecule has 2 aliphatic rings. The Balaban J connectivity index is 1.37. The maximum Gasteiger partial charge on any atom is 0.251 e. The van der Waals surface area contributed by atoms with E-state index < -0.39 is 23.2 Å². The number of carbonyl (C=O) groups excluding carboxylic acids is 2. The van der Waals surface area contributed by atoms with Gasteiger partial charge in [0, 0.05) is 28.3 Å². The minimum Gasteiger partial charge on any atom is -0.494 e. The van der Waals surface area contributed by atoms with Crippen LogP contribution in [-0.2, 0) is 16.8 Å². The monoisotopic (exact) mass is 621 g/mol. The molecule has 2 aromatic heterocycles. The lowest BCUT2D eigenvalue weighted by Crippen LogP contribution is -2.43. The first-order valence-corrected chi connectivity index (χ1v) is 15.0. The van der Waals surface area contributed by atoms with E-state index >= 15 is 0 Å². The number of aliphatic hydroxyl groups is 1. The molecule has 4 N–H and O–H groups in total. The zero-order valence-corrected chi connectivity index (χ0v) is 25.2. The van der Waals surface area contributed by atoms with Crippen molar-refractivity contribution in [3.05, 3.63) is 70.3 Å². The molecule has 44 heavy (non-hydrogen) atoms. The lowest BCUT2D eigenvalue weighted by Gasteiger charge is -2.30. The van der Waals surface area contributed by atoms with E-state index in [0.29, 0.717) is 41.3 Å². The van der Waals surface area contributed by atoms with Crippen LogP contribution in [-0.4, -0.2) is 51.9 Å². The third-order valence-electron chi connectivity index (χ3n) is 8.10. The van der Waals surface area contributed by atoms with Crippen LogP contribution in [0.2, 0.25) is 5.02 Å². The molecule has 0 aliphatic heterocycles. The highest BCUT2D eigenvalue weighted by Crippen LogP contribution is 2.47. The number of nitrogens with two attached hydrogens (primary N) is 1. The number of hydrogen-bond acceptors (Lipinski definition) is 7. The van der Waals surface area contributed by atoms with Crippen molar-refractivity contribution >= 4 is 34.3 Å². The summed E-state index contributed by atoms with van der Waals surface area (Å²) in [7, 11) is 1.53. The number of methoxy groups -OCH3 is 1. The summed E-state index contributed by atoms with van der Waals surface area (Å²) in [5.41, 5.74) is 5.94. The maximum atomic E-state index is 14.4. The number of halogens is 2. The molecule has 0 spiro atoms. The van der Waals surface area contributed by atoms with Gasteiger partial charge in [-0.2, -0.15) is 5.10 Å². The molecule has 4 aromatic rings. The molecule has 0 radical (unpaired) electrons. The van der Waals surface area contributed by atoms with E-state index in [1.54, 1.807) is 25.1 Å². The van der Waals surface area contributed by atoms with Gasteiger partial charge in [-0.05, 0) is 74.9 Å². The van der Waals surface area contributed by atoms with Crippen LogP contribution in [0.15, 0.2) is 42.6 Å². The third-order valence-corrected chi connectivity index (χ3v) is 8.43. The van der Waals surface area contributed by atoms with Gasteiger partial charge in [-0.25, -0.2) is 9.37 Å². The van der Waals surface area contributed by atoms with Crippen molar-refractivity contribution in [1.82, 2.24) is 20.1 Å². The van der Waals surface area contributed by atoms with Crippen molar-refractivity contribution in [2.45, 2.75) is 50.7 Å². The van der Waals surface area contributed by atoms with Gasteiger partial charge in [0.15, 0.2) is 0 Å². The van der Waals surface area contributed by atoms with Crippen LogP contribution in [0.4, 0.5) is 4.39 Å². The molecule has 1 atom stereocenters. The quantitative estimate of drug-likeness (QED) is 0.208. The molecule has 0 unspecified atom stereocenters. The highest BCUT2D eigenvalue weighted by atomic mass is 35.5. The Morgan fingerprint density at radius 2 is 1.98 bits per heavy atom. The van der Waals surface area contributed by atoms with Crippen LogP contribution in [0.3, 0.4) is 0 Å². The SMILES string of the molecule is CCOc1c(CC(N)=O)cc([C@@](O)(CNC(=O)c2cc(OC)c3nn(C4CC4)cc3c2)C2CC2)nc1-c1cc(F)ccc1Cl. The number of carbonyl (C=O) groups is 2. The molecule has 2 amide bonds. The molecule has 6 rings (SSSR count). The first-order chi connectivity index (χ1) is 21.1. The fourth-order valence-electron chi connectivity index (χ4n) is 5.55. The standard InChI is InChI=1S/C32H33ClFN5O5/c1-3-44-30-17(13-27(35)40)12-26(37-29(30)23-14-21(34)6-9-24(23)33)32(42,20-4-5-20)16-36-31(41)18-10-19-15-39(22-7-8-22)38-28(19)25(11-18)43-2/h6,9-12,14-15,20,22,42H,3-5,7-8,13,16H2,1-2H3,(H2,35,40)(H,36,41)/t32-/m1/s1. The summed E-state index contributed by atoms with van der Waals surface area (Å²) in [5, 5.41) is 20.7. The number of rotatable bonds is 12. The second-order valence-corrected chi connectivity index (χ2v) is 11.8. The summed E-state index contributed by atoms with van der Waals surface area (Å²) in [6, 6.07) is 9.15. The highest BCUT2D eigenvalue weighted by Gasteiger charge is 2.47. The van der Waals surface area contributed by atoms with Crippen LogP contribution in [0.5, 0.6) is 11.5 Å². The average molecular weight is 622 g/mol. The fourth-order valence-corrected chi connectivity index (χ4v) is 5.76. The van der Waals surface area contributed by atoms with Crippen LogP contribution in [0, 0.1) is 11.7 Å². The molecular weight excluding hydrogens is 589 g/mol. The molecule has 2 heterocycles. The van der Waals surface area contributed by atoms with Gasteiger partial charge in [-0.1, -0.05) is 11.6 Å². The van der Waals surface area contributed by atoms with Gasteiger partial charge in [0.1, 0.15) is 34.1 Å². The zero-order valence-electron chi connectivity index (χ0n) is 24.4. The van der Waals surface area contributed by atoms with Crippen molar-refractivity contribution in [2.24, 2.45) is 11.7 Å². The number of nitrogens with zero attached hydrogens (tertiary/aromatic N) is 3. The first-order valence-electron chi connectivity index (χ1n) is 14.6. The third kappa shape index (κ3) is 5.81. The molecule has 2 fully saturated rings. The number of nitrogens with one attached hydrogen (secondary N) is 1. The molecule has 0 saturated heterocycles. The molecule has 2 aromatic carbocycles. The second-order valence-electron chi connectivity index (χ2n) is 11.4. The van der Waals surface area contributed by atoms with E-state index in [4.69, 9.17) is 31.8 Å². The van der Waals surface area contributed by atoms with Crippen molar-refractivity contribution < 1.29 is 28.6 Å². The second kappa shape index (κ2) is 11.7. The molecule has 2 aliphatic carbocycles. The van der Waals surface area contributed by atoms with Gasteiger partial charge in [0.2, 0.25) is 5.91 Å². The Labute approximate surface area is 258 Å². The van der Waals surface area contributed by atoms with E-state index in [-0.39, 0.29) is 53.2 Å². The van der Waals surface area contributed by atoms with E-state index in [1.807, 2.05) is 10.9 Å². The molecule has 2 saturated carbocycles.